The highest BCUT2D eigenvalue weighted by Crippen LogP contribution is 2.29. The van der Waals surface area contributed by atoms with Gasteiger partial charge in [-0.2, -0.15) is 5.26 Å². The van der Waals surface area contributed by atoms with Crippen molar-refractivity contribution in [1.29, 1.82) is 5.26 Å². The highest BCUT2D eigenvalue weighted by atomic mass is 16.2. The summed E-state index contributed by atoms with van der Waals surface area (Å²) in [6.45, 7) is 0.778. The molecule has 0 bridgehead atoms. The van der Waals surface area contributed by atoms with E-state index in [0.717, 1.165) is 18.9 Å². The van der Waals surface area contributed by atoms with Crippen molar-refractivity contribution < 1.29 is 4.79 Å². The maximum atomic E-state index is 12.1. The Labute approximate surface area is 107 Å². The van der Waals surface area contributed by atoms with Crippen molar-refractivity contribution in [2.75, 3.05) is 13.6 Å². The van der Waals surface area contributed by atoms with Crippen molar-refractivity contribution in [3.8, 4) is 6.07 Å². The molecule has 1 saturated carbocycles. The minimum Gasteiger partial charge on any atom is -0.342 e. The van der Waals surface area contributed by atoms with Crippen LogP contribution in [0.25, 0.3) is 0 Å². The van der Waals surface area contributed by atoms with Crippen LogP contribution in [0.1, 0.15) is 41.6 Å². The van der Waals surface area contributed by atoms with Gasteiger partial charge in [0.25, 0.3) is 5.91 Å². The molecule has 1 amide bonds. The number of aromatic nitrogens is 1. The first-order valence-corrected chi connectivity index (χ1v) is 6.31. The van der Waals surface area contributed by atoms with Crippen LogP contribution in [0.3, 0.4) is 0 Å². The van der Waals surface area contributed by atoms with Gasteiger partial charge in [-0.15, -0.1) is 0 Å². The Hall–Kier alpha value is -1.89. The third-order valence-corrected chi connectivity index (χ3v) is 3.56. The number of hydrogen-bond donors (Lipinski definition) is 0. The van der Waals surface area contributed by atoms with E-state index in [-0.39, 0.29) is 5.91 Å². The standard InChI is InChI=1S/C14H17N3O/c1-17(6-5-11-3-2-4-11)14(18)13-7-12(8-15)9-16-10-13/h7,9-11H,2-6H2,1H3. The molecular weight excluding hydrogens is 226 g/mol. The average molecular weight is 243 g/mol. The first kappa shape index (κ1) is 12.6. The summed E-state index contributed by atoms with van der Waals surface area (Å²) in [4.78, 5) is 17.7. The first-order chi connectivity index (χ1) is 8.70. The third kappa shape index (κ3) is 2.86. The van der Waals surface area contributed by atoms with Gasteiger partial charge < -0.3 is 4.90 Å². The van der Waals surface area contributed by atoms with E-state index in [1.54, 1.807) is 18.0 Å². The highest BCUT2D eigenvalue weighted by molar-refractivity contribution is 5.94. The molecular formula is C14H17N3O. The van der Waals surface area contributed by atoms with E-state index in [1.165, 1.54) is 31.7 Å². The summed E-state index contributed by atoms with van der Waals surface area (Å²) in [5.41, 5.74) is 0.915. The lowest BCUT2D eigenvalue weighted by Gasteiger charge is -2.27. The molecule has 1 aliphatic carbocycles. The Bertz CT molecular complexity index is 474. The summed E-state index contributed by atoms with van der Waals surface area (Å²) in [7, 11) is 1.81. The Balaban J connectivity index is 1.94. The number of hydrogen-bond acceptors (Lipinski definition) is 3. The molecule has 1 aromatic heterocycles. The van der Waals surface area contributed by atoms with Crippen LogP contribution in [0.2, 0.25) is 0 Å². The molecule has 0 spiro atoms. The number of amides is 1. The van der Waals surface area contributed by atoms with E-state index in [0.29, 0.717) is 11.1 Å². The SMILES string of the molecule is CN(CCC1CCC1)C(=O)c1cncc(C#N)c1. The van der Waals surface area contributed by atoms with E-state index in [1.807, 2.05) is 6.07 Å². The minimum absolute atomic E-state index is 0.0566. The zero-order valence-electron chi connectivity index (χ0n) is 10.6. The van der Waals surface area contributed by atoms with Gasteiger partial charge in [0, 0.05) is 26.0 Å². The van der Waals surface area contributed by atoms with Gasteiger partial charge in [0.2, 0.25) is 0 Å². The van der Waals surface area contributed by atoms with Gasteiger partial charge in [-0.25, -0.2) is 0 Å². The number of carbonyl (C=O) groups is 1. The normalized spacial score (nSPS) is 14.7. The molecule has 94 valence electrons. The summed E-state index contributed by atoms with van der Waals surface area (Å²) in [6, 6.07) is 3.59. The summed E-state index contributed by atoms with van der Waals surface area (Å²) < 4.78 is 0. The topological polar surface area (TPSA) is 57.0 Å². The second kappa shape index (κ2) is 5.63. The molecule has 1 fully saturated rings. The summed E-state index contributed by atoms with van der Waals surface area (Å²) in [6.07, 6.45) is 7.99. The van der Waals surface area contributed by atoms with Gasteiger partial charge in [0.1, 0.15) is 6.07 Å². The molecule has 2 rings (SSSR count). The van der Waals surface area contributed by atoms with Crippen molar-refractivity contribution in [2.45, 2.75) is 25.7 Å². The third-order valence-electron chi connectivity index (χ3n) is 3.56. The van der Waals surface area contributed by atoms with Crippen molar-refractivity contribution in [3.05, 3.63) is 29.6 Å². The van der Waals surface area contributed by atoms with Gasteiger partial charge in [-0.1, -0.05) is 19.3 Å². The minimum atomic E-state index is -0.0566. The number of rotatable bonds is 4. The van der Waals surface area contributed by atoms with Crippen molar-refractivity contribution in [1.82, 2.24) is 9.88 Å². The van der Waals surface area contributed by atoms with Gasteiger partial charge in [0.15, 0.2) is 0 Å². The van der Waals surface area contributed by atoms with Gasteiger partial charge in [-0.3, -0.25) is 9.78 Å². The Morgan fingerprint density at radius 2 is 2.33 bits per heavy atom. The molecule has 1 heterocycles. The molecule has 0 aliphatic heterocycles. The maximum absolute atomic E-state index is 12.1. The lowest BCUT2D eigenvalue weighted by atomic mass is 9.83. The molecule has 0 aromatic carbocycles. The predicted octanol–water partition coefficient (Wildman–Crippen LogP) is 2.22. The smallest absolute Gasteiger partial charge is 0.255 e. The lowest BCUT2D eigenvalue weighted by Crippen LogP contribution is -2.30. The van der Waals surface area contributed by atoms with Crippen LogP contribution < -0.4 is 0 Å². The number of carbonyl (C=O) groups excluding carboxylic acids is 1. The molecule has 4 nitrogen and oxygen atoms in total. The van der Waals surface area contributed by atoms with E-state index < -0.39 is 0 Å². The van der Waals surface area contributed by atoms with Crippen LogP contribution in [0.15, 0.2) is 18.5 Å². The van der Waals surface area contributed by atoms with Crippen LogP contribution in [0.5, 0.6) is 0 Å². The van der Waals surface area contributed by atoms with Gasteiger partial charge in [0.05, 0.1) is 11.1 Å². The largest absolute Gasteiger partial charge is 0.342 e. The van der Waals surface area contributed by atoms with Crippen LogP contribution in [-0.2, 0) is 0 Å². The van der Waals surface area contributed by atoms with Gasteiger partial charge in [-0.05, 0) is 18.4 Å². The fourth-order valence-corrected chi connectivity index (χ4v) is 2.10. The quantitative estimate of drug-likeness (QED) is 0.814. The van der Waals surface area contributed by atoms with Crippen LogP contribution in [-0.4, -0.2) is 29.4 Å². The molecule has 18 heavy (non-hydrogen) atoms. The second-order valence-corrected chi connectivity index (χ2v) is 4.89. The Kier molecular flexibility index (Phi) is 3.93. The monoisotopic (exact) mass is 243 g/mol. The summed E-state index contributed by atoms with van der Waals surface area (Å²) >= 11 is 0. The van der Waals surface area contributed by atoms with Crippen molar-refractivity contribution in [3.63, 3.8) is 0 Å². The van der Waals surface area contributed by atoms with E-state index in [9.17, 15) is 4.79 Å². The molecule has 1 aliphatic rings. The van der Waals surface area contributed by atoms with Gasteiger partial charge >= 0.3 is 0 Å². The highest BCUT2D eigenvalue weighted by Gasteiger charge is 2.19. The predicted molar refractivity (Wildman–Crippen MR) is 67.9 cm³/mol. The van der Waals surface area contributed by atoms with Crippen molar-refractivity contribution in [2.24, 2.45) is 5.92 Å². The van der Waals surface area contributed by atoms with Crippen LogP contribution in [0, 0.1) is 17.2 Å². The molecule has 0 radical (unpaired) electrons. The van der Waals surface area contributed by atoms with Crippen LogP contribution >= 0.6 is 0 Å². The van der Waals surface area contributed by atoms with Crippen LogP contribution in [0.4, 0.5) is 0 Å². The average Bonchev–Trinajstić information content (AvgIpc) is 2.36. The van der Waals surface area contributed by atoms with E-state index >= 15 is 0 Å². The zero-order chi connectivity index (χ0) is 13.0. The maximum Gasteiger partial charge on any atom is 0.255 e. The number of nitriles is 1. The molecule has 0 N–H and O–H groups in total. The molecule has 0 atom stereocenters. The summed E-state index contributed by atoms with van der Waals surface area (Å²) in [5, 5.41) is 8.78. The molecule has 0 saturated heterocycles. The summed E-state index contributed by atoms with van der Waals surface area (Å²) in [5.74, 6) is 0.739. The van der Waals surface area contributed by atoms with Crippen molar-refractivity contribution >= 4 is 5.91 Å². The number of nitrogens with zero attached hydrogens (tertiary/aromatic N) is 3. The zero-order valence-corrected chi connectivity index (χ0v) is 10.6. The fraction of sp³-hybridized carbons (Fsp3) is 0.500. The lowest BCUT2D eigenvalue weighted by molar-refractivity contribution is 0.0779. The Morgan fingerprint density at radius 1 is 1.56 bits per heavy atom. The van der Waals surface area contributed by atoms with E-state index in [2.05, 4.69) is 4.98 Å². The first-order valence-electron chi connectivity index (χ1n) is 6.31. The number of pyridine rings is 1. The molecule has 1 aromatic rings. The molecule has 0 unspecified atom stereocenters. The molecule has 4 heteroatoms. The van der Waals surface area contributed by atoms with E-state index in [4.69, 9.17) is 5.26 Å². The second-order valence-electron chi connectivity index (χ2n) is 4.89. The fourth-order valence-electron chi connectivity index (χ4n) is 2.10. The Morgan fingerprint density at radius 3 is 2.94 bits per heavy atom.